The summed E-state index contributed by atoms with van der Waals surface area (Å²) in [5.41, 5.74) is 5.73. The van der Waals surface area contributed by atoms with E-state index < -0.39 is 10.0 Å². The fraction of sp³-hybridized carbons (Fsp3) is 0.625. The van der Waals surface area contributed by atoms with Crippen molar-refractivity contribution < 1.29 is 17.9 Å². The zero-order valence-electron chi connectivity index (χ0n) is 14.0. The highest BCUT2D eigenvalue weighted by Gasteiger charge is 2.32. The number of nitrogens with two attached hydrogens (primary N) is 1. The van der Waals surface area contributed by atoms with Crippen LogP contribution in [-0.2, 0) is 14.8 Å². The Morgan fingerprint density at radius 1 is 1.21 bits per heavy atom. The lowest BCUT2D eigenvalue weighted by Gasteiger charge is -2.33. The first-order chi connectivity index (χ1) is 11.1. The average Bonchev–Trinajstić information content (AvgIpc) is 2.59. The van der Waals surface area contributed by atoms with Crippen molar-refractivity contribution in [3.8, 4) is 5.75 Å². The summed E-state index contributed by atoms with van der Waals surface area (Å²) in [5, 5.41) is 0. The SMILES string of the molecule is CCOCCOc1ccc(S(=O)(=O)N2CCCCC2CN)cc1.Cl. The van der Waals surface area contributed by atoms with E-state index in [2.05, 4.69) is 0 Å². The van der Waals surface area contributed by atoms with Gasteiger partial charge in [0.05, 0.1) is 11.5 Å². The minimum Gasteiger partial charge on any atom is -0.491 e. The Labute approximate surface area is 150 Å². The first kappa shape index (κ1) is 21.2. The molecule has 0 amide bonds. The van der Waals surface area contributed by atoms with Gasteiger partial charge >= 0.3 is 0 Å². The fourth-order valence-electron chi connectivity index (χ4n) is 2.73. The third kappa shape index (κ3) is 5.32. The molecule has 1 aromatic rings. The molecule has 1 unspecified atom stereocenters. The van der Waals surface area contributed by atoms with Crippen molar-refractivity contribution in [2.24, 2.45) is 5.73 Å². The third-order valence-electron chi connectivity index (χ3n) is 3.98. The minimum atomic E-state index is -3.50. The average molecular weight is 379 g/mol. The Kier molecular flexibility index (Phi) is 9.01. The largest absolute Gasteiger partial charge is 0.491 e. The summed E-state index contributed by atoms with van der Waals surface area (Å²) in [7, 11) is -3.50. The molecule has 1 heterocycles. The number of rotatable bonds is 8. The van der Waals surface area contributed by atoms with Gasteiger partial charge in [0.25, 0.3) is 0 Å². The normalized spacial score (nSPS) is 18.8. The van der Waals surface area contributed by atoms with Crippen LogP contribution >= 0.6 is 12.4 Å². The molecule has 1 aliphatic rings. The highest BCUT2D eigenvalue weighted by molar-refractivity contribution is 7.89. The van der Waals surface area contributed by atoms with Crippen LogP contribution in [0.2, 0.25) is 0 Å². The molecule has 1 saturated heterocycles. The fourth-order valence-corrected chi connectivity index (χ4v) is 4.44. The van der Waals surface area contributed by atoms with Gasteiger partial charge in [-0.15, -0.1) is 12.4 Å². The van der Waals surface area contributed by atoms with Gasteiger partial charge in [-0.2, -0.15) is 4.31 Å². The molecule has 0 aliphatic carbocycles. The number of sulfonamides is 1. The predicted octanol–water partition coefficient (Wildman–Crippen LogP) is 2.03. The van der Waals surface area contributed by atoms with Gasteiger partial charge in [-0.1, -0.05) is 6.42 Å². The van der Waals surface area contributed by atoms with Gasteiger partial charge in [-0.25, -0.2) is 8.42 Å². The molecule has 2 rings (SSSR count). The van der Waals surface area contributed by atoms with E-state index in [4.69, 9.17) is 15.2 Å². The maximum Gasteiger partial charge on any atom is 0.243 e. The molecular formula is C16H27ClN2O4S. The smallest absolute Gasteiger partial charge is 0.243 e. The van der Waals surface area contributed by atoms with Crippen LogP contribution in [0.3, 0.4) is 0 Å². The number of hydrogen-bond acceptors (Lipinski definition) is 5. The zero-order valence-corrected chi connectivity index (χ0v) is 15.7. The van der Waals surface area contributed by atoms with Gasteiger partial charge in [0.2, 0.25) is 10.0 Å². The summed E-state index contributed by atoms with van der Waals surface area (Å²) < 4.78 is 37.8. The Hall–Kier alpha value is -0.860. The van der Waals surface area contributed by atoms with Gasteiger partial charge in [0.15, 0.2) is 0 Å². The maximum atomic E-state index is 12.8. The van der Waals surface area contributed by atoms with E-state index in [0.717, 1.165) is 19.3 Å². The van der Waals surface area contributed by atoms with Gasteiger partial charge in [0, 0.05) is 25.7 Å². The molecule has 0 spiro atoms. The van der Waals surface area contributed by atoms with Crippen LogP contribution in [0.4, 0.5) is 0 Å². The van der Waals surface area contributed by atoms with Crippen molar-refractivity contribution in [2.75, 3.05) is 32.9 Å². The van der Waals surface area contributed by atoms with Gasteiger partial charge < -0.3 is 15.2 Å². The standard InChI is InChI=1S/C16H26N2O4S.ClH/c1-2-21-11-12-22-15-6-8-16(9-7-15)23(19,20)18-10-4-3-5-14(18)13-17;/h6-9,14H,2-5,10-13,17H2,1H3;1H. The second-order valence-corrected chi connectivity index (χ2v) is 7.41. The van der Waals surface area contributed by atoms with E-state index >= 15 is 0 Å². The highest BCUT2D eigenvalue weighted by atomic mass is 35.5. The number of ether oxygens (including phenoxy) is 2. The zero-order chi connectivity index (χ0) is 16.7. The van der Waals surface area contributed by atoms with Gasteiger partial charge in [0.1, 0.15) is 12.4 Å². The first-order valence-corrected chi connectivity index (χ1v) is 9.56. The molecule has 6 nitrogen and oxygen atoms in total. The number of piperidine rings is 1. The predicted molar refractivity (Wildman–Crippen MR) is 96.3 cm³/mol. The Morgan fingerprint density at radius 3 is 2.54 bits per heavy atom. The Morgan fingerprint density at radius 2 is 1.92 bits per heavy atom. The molecule has 2 N–H and O–H groups in total. The lowest BCUT2D eigenvalue weighted by molar-refractivity contribution is 0.110. The quantitative estimate of drug-likeness (QED) is 0.700. The lowest BCUT2D eigenvalue weighted by atomic mass is 10.1. The molecule has 0 saturated carbocycles. The second-order valence-electron chi connectivity index (χ2n) is 5.52. The molecule has 1 aliphatic heterocycles. The Balaban J connectivity index is 0.00000288. The number of nitrogens with zero attached hydrogens (tertiary/aromatic N) is 1. The summed E-state index contributed by atoms with van der Waals surface area (Å²) in [6.45, 7) is 4.44. The van der Waals surface area contributed by atoms with Crippen molar-refractivity contribution in [3.05, 3.63) is 24.3 Å². The third-order valence-corrected chi connectivity index (χ3v) is 5.94. The molecule has 1 fully saturated rings. The number of benzene rings is 1. The monoisotopic (exact) mass is 378 g/mol. The van der Waals surface area contributed by atoms with Crippen molar-refractivity contribution >= 4 is 22.4 Å². The van der Waals surface area contributed by atoms with Crippen molar-refractivity contribution in [1.82, 2.24) is 4.31 Å². The summed E-state index contributed by atoms with van der Waals surface area (Å²) in [4.78, 5) is 0.287. The first-order valence-electron chi connectivity index (χ1n) is 8.12. The van der Waals surface area contributed by atoms with Crippen molar-refractivity contribution in [3.63, 3.8) is 0 Å². The van der Waals surface area contributed by atoms with Crippen LogP contribution in [-0.4, -0.2) is 51.7 Å². The summed E-state index contributed by atoms with van der Waals surface area (Å²) in [6, 6.07) is 6.44. The van der Waals surface area contributed by atoms with Gasteiger partial charge in [-0.3, -0.25) is 0 Å². The summed E-state index contributed by atoms with van der Waals surface area (Å²) >= 11 is 0. The summed E-state index contributed by atoms with van der Waals surface area (Å²) in [6.07, 6.45) is 2.74. The van der Waals surface area contributed by atoms with E-state index in [9.17, 15) is 8.42 Å². The Bertz CT molecular complexity index is 580. The van der Waals surface area contributed by atoms with Crippen LogP contribution in [0.1, 0.15) is 26.2 Å². The molecule has 1 aromatic carbocycles. The van der Waals surface area contributed by atoms with Gasteiger partial charge in [-0.05, 0) is 44.0 Å². The van der Waals surface area contributed by atoms with Crippen molar-refractivity contribution in [2.45, 2.75) is 37.1 Å². The highest BCUT2D eigenvalue weighted by Crippen LogP contribution is 2.26. The molecule has 138 valence electrons. The molecule has 24 heavy (non-hydrogen) atoms. The van der Waals surface area contributed by atoms with Crippen LogP contribution in [0, 0.1) is 0 Å². The minimum absolute atomic E-state index is 0. The van der Waals surface area contributed by atoms with Crippen LogP contribution < -0.4 is 10.5 Å². The van der Waals surface area contributed by atoms with E-state index in [1.54, 1.807) is 28.6 Å². The maximum absolute atomic E-state index is 12.8. The lowest BCUT2D eigenvalue weighted by Crippen LogP contribution is -2.47. The number of hydrogen-bond donors (Lipinski definition) is 1. The van der Waals surface area contributed by atoms with E-state index in [-0.39, 0.29) is 23.3 Å². The second kappa shape index (κ2) is 10.2. The van der Waals surface area contributed by atoms with Crippen LogP contribution in [0.25, 0.3) is 0 Å². The van der Waals surface area contributed by atoms with E-state index in [1.165, 1.54) is 0 Å². The molecule has 0 bridgehead atoms. The molecule has 0 aromatic heterocycles. The summed E-state index contributed by atoms with van der Waals surface area (Å²) in [5.74, 6) is 0.637. The van der Waals surface area contributed by atoms with Crippen LogP contribution in [0.15, 0.2) is 29.2 Å². The van der Waals surface area contributed by atoms with Crippen molar-refractivity contribution in [1.29, 1.82) is 0 Å². The van der Waals surface area contributed by atoms with Crippen LogP contribution in [0.5, 0.6) is 5.75 Å². The molecule has 1 atom stereocenters. The topological polar surface area (TPSA) is 81.9 Å². The molecular weight excluding hydrogens is 352 g/mol. The van der Waals surface area contributed by atoms with E-state index in [1.807, 2.05) is 6.92 Å². The number of halogens is 1. The molecule has 8 heteroatoms. The van der Waals surface area contributed by atoms with E-state index in [0.29, 0.717) is 38.7 Å². The molecule has 0 radical (unpaired) electrons.